The number of rotatable bonds is 12. The van der Waals surface area contributed by atoms with E-state index in [-0.39, 0.29) is 37.3 Å². The van der Waals surface area contributed by atoms with Crippen LogP contribution in [0, 0.1) is 11.3 Å². The molecule has 49 heavy (non-hydrogen) atoms. The fourth-order valence-electron chi connectivity index (χ4n) is 7.03. The summed E-state index contributed by atoms with van der Waals surface area (Å²) in [6.07, 6.45) is 10.0. The third-order valence-electron chi connectivity index (χ3n) is 9.85. The zero-order chi connectivity index (χ0) is 35.5. The van der Waals surface area contributed by atoms with Crippen LogP contribution in [0.1, 0.15) is 104 Å². The molecule has 4 aliphatic rings. The van der Waals surface area contributed by atoms with Crippen molar-refractivity contribution < 1.29 is 28.8 Å². The van der Waals surface area contributed by atoms with Crippen molar-refractivity contribution in [1.29, 1.82) is 0 Å². The maximum atomic E-state index is 14.6. The lowest BCUT2D eigenvalue weighted by Gasteiger charge is -2.36. The minimum Gasteiger partial charge on any atom is -0.347 e. The number of ketones is 1. The summed E-state index contributed by atoms with van der Waals surface area (Å²) >= 11 is 12.5. The van der Waals surface area contributed by atoms with Crippen molar-refractivity contribution in [3.63, 3.8) is 0 Å². The van der Waals surface area contributed by atoms with Gasteiger partial charge in [0.25, 0.3) is 5.91 Å². The molecule has 268 valence electrons. The van der Waals surface area contributed by atoms with Crippen molar-refractivity contribution >= 4 is 58.3 Å². The highest BCUT2D eigenvalue weighted by molar-refractivity contribution is 6.38. The first kappa shape index (κ1) is 37.1. The number of hydrogen-bond acceptors (Lipinski definition) is 7. The van der Waals surface area contributed by atoms with Crippen molar-refractivity contribution in [3.05, 3.63) is 39.9 Å². The van der Waals surface area contributed by atoms with Crippen LogP contribution in [0.3, 0.4) is 0 Å². The Morgan fingerprint density at radius 2 is 1.67 bits per heavy atom. The van der Waals surface area contributed by atoms with E-state index in [1.165, 1.54) is 11.3 Å². The third kappa shape index (κ3) is 9.35. The van der Waals surface area contributed by atoms with Crippen LogP contribution < -0.4 is 21.4 Å². The van der Waals surface area contributed by atoms with Crippen molar-refractivity contribution in [2.24, 2.45) is 11.3 Å². The van der Waals surface area contributed by atoms with Crippen LogP contribution in [0.25, 0.3) is 5.70 Å². The number of carbonyl (C=O) groups is 5. The first-order chi connectivity index (χ1) is 23.2. The monoisotopic (exact) mass is 717 g/mol. The summed E-state index contributed by atoms with van der Waals surface area (Å²) in [5.41, 5.74) is 2.36. The molecule has 4 N–H and O–H groups in total. The Labute approximate surface area is 298 Å². The molecule has 1 aromatic carbocycles. The largest absolute Gasteiger partial charge is 0.347 e. The van der Waals surface area contributed by atoms with Crippen molar-refractivity contribution in [2.75, 3.05) is 6.54 Å². The lowest BCUT2D eigenvalue weighted by Crippen LogP contribution is -2.59. The molecule has 2 heterocycles. The van der Waals surface area contributed by atoms with Crippen LogP contribution in [0.2, 0.25) is 10.0 Å². The van der Waals surface area contributed by atoms with Crippen LogP contribution >= 0.6 is 23.2 Å². The average molecular weight is 719 g/mol. The molecule has 1 spiro atoms. The van der Waals surface area contributed by atoms with Crippen LogP contribution in [0.5, 0.6) is 0 Å². The second-order valence-corrected chi connectivity index (χ2v) is 16.1. The fraction of sp³-hybridized carbons (Fsp3) is 0.639. The van der Waals surface area contributed by atoms with Gasteiger partial charge in [0.1, 0.15) is 17.7 Å². The lowest BCUT2D eigenvalue weighted by atomic mass is 9.84. The second-order valence-electron chi connectivity index (χ2n) is 15.2. The Morgan fingerprint density at radius 1 is 1.00 bits per heavy atom. The summed E-state index contributed by atoms with van der Waals surface area (Å²) in [6.45, 7) is 7.48. The van der Waals surface area contributed by atoms with E-state index in [0.717, 1.165) is 38.5 Å². The Bertz CT molecular complexity index is 1460. The van der Waals surface area contributed by atoms with E-state index in [1.54, 1.807) is 18.2 Å². The van der Waals surface area contributed by atoms with Gasteiger partial charge in [-0.2, -0.15) is 0 Å². The highest BCUT2D eigenvalue weighted by Gasteiger charge is 2.54. The maximum absolute atomic E-state index is 14.6. The van der Waals surface area contributed by atoms with Crippen LogP contribution in [-0.4, -0.2) is 70.6 Å². The molecule has 2 saturated carbocycles. The zero-order valence-electron chi connectivity index (χ0n) is 28.8. The van der Waals surface area contributed by atoms with Crippen molar-refractivity contribution in [2.45, 2.75) is 128 Å². The zero-order valence-corrected chi connectivity index (χ0v) is 30.3. The Balaban J connectivity index is 1.42. The normalized spacial score (nSPS) is 23.8. The third-order valence-corrected chi connectivity index (χ3v) is 10.3. The fourth-order valence-corrected chi connectivity index (χ4v) is 7.56. The van der Waals surface area contributed by atoms with E-state index in [0.29, 0.717) is 34.1 Å². The van der Waals surface area contributed by atoms with Gasteiger partial charge in [-0.1, -0.05) is 76.6 Å². The number of amides is 4. The maximum Gasteiger partial charge on any atom is 0.289 e. The summed E-state index contributed by atoms with van der Waals surface area (Å²) in [5.74, 6) is -2.35. The van der Waals surface area contributed by atoms with Gasteiger partial charge in [0.15, 0.2) is 0 Å². The van der Waals surface area contributed by atoms with Gasteiger partial charge in [-0.05, 0) is 67.7 Å². The van der Waals surface area contributed by atoms with Crippen molar-refractivity contribution in [1.82, 2.24) is 26.3 Å². The highest BCUT2D eigenvalue weighted by Crippen LogP contribution is 2.39. The SMILES string of the molecule is CCC[C@H](NC(=O)[C@@H]1C[C@]2(C=C(c3cc(Cl)cc(Cl)c3)NO2)CN1C(=O)[C@@H](NC(=O)CC1CCCCC1)C(C)(C)C)C(=O)C(=O)NC1CC1. The van der Waals surface area contributed by atoms with Gasteiger partial charge in [-0.15, -0.1) is 0 Å². The summed E-state index contributed by atoms with van der Waals surface area (Å²) in [4.78, 5) is 75.5. The average Bonchev–Trinajstić information content (AvgIpc) is 3.63. The number of halogens is 2. The van der Waals surface area contributed by atoms with Gasteiger partial charge in [0.05, 0.1) is 18.3 Å². The molecule has 0 radical (unpaired) electrons. The number of nitrogens with zero attached hydrogens (tertiary/aromatic N) is 1. The number of carbonyl (C=O) groups excluding carboxylic acids is 5. The van der Waals surface area contributed by atoms with E-state index in [4.69, 9.17) is 28.0 Å². The number of nitrogens with one attached hydrogen (secondary N) is 4. The molecule has 4 amide bonds. The molecule has 11 nitrogen and oxygen atoms in total. The number of Topliss-reactive ketones (excluding diaryl/α,β-unsaturated/α-hetero) is 1. The first-order valence-electron chi connectivity index (χ1n) is 17.6. The van der Waals surface area contributed by atoms with Gasteiger partial charge < -0.3 is 20.9 Å². The van der Waals surface area contributed by atoms with Crippen LogP contribution in [0.15, 0.2) is 24.3 Å². The topological polar surface area (TPSA) is 146 Å². The standard InChI is InChI=1S/C36H49Cl2N5O6/c1-5-9-26(30(45)33(47)39-25-12-13-25)40-32(46)28-19-36(18-27(42-49-36)22-15-23(37)17-24(38)16-22)20-43(28)34(48)31(35(2,3)4)41-29(44)14-21-10-7-6-8-11-21/h15-18,21,25-26,28,31,42H,5-14,19-20H2,1-4H3,(H,39,47)(H,40,46)(H,41,44)/t26-,28-,31+,36+/m0/s1. The molecule has 5 rings (SSSR count). The molecule has 2 aliphatic heterocycles. The summed E-state index contributed by atoms with van der Waals surface area (Å²) in [6, 6.07) is 2.00. The highest BCUT2D eigenvalue weighted by atomic mass is 35.5. The molecule has 0 bridgehead atoms. The minimum absolute atomic E-state index is 0.00560. The Morgan fingerprint density at radius 3 is 2.29 bits per heavy atom. The van der Waals surface area contributed by atoms with Gasteiger partial charge in [-0.3, -0.25) is 34.3 Å². The molecule has 2 aliphatic carbocycles. The first-order valence-corrected chi connectivity index (χ1v) is 18.3. The van der Waals surface area contributed by atoms with Gasteiger partial charge in [0.2, 0.25) is 23.5 Å². The van der Waals surface area contributed by atoms with E-state index in [2.05, 4.69) is 21.4 Å². The molecular formula is C36H49Cl2N5O6. The Kier molecular flexibility index (Phi) is 11.7. The number of hydrogen-bond donors (Lipinski definition) is 4. The molecular weight excluding hydrogens is 669 g/mol. The quantitative estimate of drug-likeness (QED) is 0.226. The smallest absolute Gasteiger partial charge is 0.289 e. The molecule has 3 fully saturated rings. The van der Waals surface area contributed by atoms with E-state index < -0.39 is 52.6 Å². The summed E-state index contributed by atoms with van der Waals surface area (Å²) in [7, 11) is 0. The van der Waals surface area contributed by atoms with Crippen LogP contribution in [-0.2, 0) is 28.8 Å². The van der Waals surface area contributed by atoms with E-state index >= 15 is 0 Å². The van der Waals surface area contributed by atoms with E-state index in [1.807, 2.05) is 33.8 Å². The summed E-state index contributed by atoms with van der Waals surface area (Å²) < 4.78 is 0. The molecule has 1 aromatic rings. The van der Waals surface area contributed by atoms with Crippen LogP contribution in [0.4, 0.5) is 0 Å². The van der Waals surface area contributed by atoms with E-state index in [9.17, 15) is 24.0 Å². The minimum atomic E-state index is -1.12. The molecule has 4 atom stereocenters. The molecule has 1 saturated heterocycles. The van der Waals surface area contributed by atoms with Crippen molar-refractivity contribution in [3.8, 4) is 0 Å². The van der Waals surface area contributed by atoms with Gasteiger partial charge >= 0.3 is 0 Å². The second kappa shape index (κ2) is 15.4. The van der Waals surface area contributed by atoms with Gasteiger partial charge in [0, 0.05) is 34.5 Å². The summed E-state index contributed by atoms with van der Waals surface area (Å²) in [5, 5.41) is 9.38. The molecule has 13 heteroatoms. The number of benzene rings is 1. The predicted molar refractivity (Wildman–Crippen MR) is 187 cm³/mol. The number of hydroxylamine groups is 1. The Hall–Kier alpha value is -3.15. The number of likely N-dealkylation sites (tertiary alicyclic amines) is 1. The molecule has 0 aromatic heterocycles. The predicted octanol–water partition coefficient (Wildman–Crippen LogP) is 4.84. The molecule has 0 unspecified atom stereocenters. The van der Waals surface area contributed by atoms with Gasteiger partial charge in [-0.25, -0.2) is 0 Å². The lowest BCUT2D eigenvalue weighted by molar-refractivity contribution is -0.145.